The van der Waals surface area contributed by atoms with Gasteiger partial charge in [0.1, 0.15) is 4.70 Å². The lowest BCUT2D eigenvalue weighted by molar-refractivity contribution is 0.268. The van der Waals surface area contributed by atoms with Gasteiger partial charge in [-0.2, -0.15) is 4.98 Å². The molecule has 1 aromatic carbocycles. The number of thioether (sulfide) groups is 1. The lowest BCUT2D eigenvalue weighted by Gasteiger charge is -2.13. The summed E-state index contributed by atoms with van der Waals surface area (Å²) < 4.78 is 0.765. The second-order valence-corrected chi connectivity index (χ2v) is 7.86. The van der Waals surface area contributed by atoms with Crippen LogP contribution < -0.4 is 5.32 Å². The number of aromatic nitrogens is 3. The molecule has 2 aromatic heterocycles. The fourth-order valence-electron chi connectivity index (χ4n) is 2.35. The zero-order chi connectivity index (χ0) is 17.6. The first-order valence-electron chi connectivity index (χ1n) is 8.07. The van der Waals surface area contributed by atoms with Gasteiger partial charge >= 0.3 is 0 Å². The quantitative estimate of drug-likeness (QED) is 0.330. The van der Waals surface area contributed by atoms with Gasteiger partial charge in [0.05, 0.1) is 12.6 Å². The van der Waals surface area contributed by atoms with Crippen molar-refractivity contribution in [1.29, 1.82) is 0 Å². The SMILES string of the molecule is CCCC(CO)Nc1nc2nc(SCc3ccccc3)nc(Cl)c2s1. The molecule has 1 atom stereocenters. The summed E-state index contributed by atoms with van der Waals surface area (Å²) in [5.41, 5.74) is 1.80. The van der Waals surface area contributed by atoms with Crippen molar-refractivity contribution in [2.24, 2.45) is 0 Å². The number of benzene rings is 1. The maximum Gasteiger partial charge on any atom is 0.191 e. The average Bonchev–Trinajstić information content (AvgIpc) is 3.03. The standard InChI is InChI=1S/C17H19ClN4OS2/c1-2-6-12(9-23)19-17-22-15-13(25-17)14(18)20-16(21-15)24-10-11-7-4-3-5-8-11/h3-5,7-8,12,23H,2,6,9-10H2,1H3,(H,19,20,21,22). The van der Waals surface area contributed by atoms with Gasteiger partial charge in [-0.1, -0.05) is 78.4 Å². The number of rotatable bonds is 8. The van der Waals surface area contributed by atoms with Crippen molar-refractivity contribution < 1.29 is 5.11 Å². The number of anilines is 1. The van der Waals surface area contributed by atoms with Crippen LogP contribution in [0.3, 0.4) is 0 Å². The molecular weight excluding hydrogens is 376 g/mol. The predicted octanol–water partition coefficient (Wildman–Crippen LogP) is 4.60. The van der Waals surface area contributed by atoms with Crippen molar-refractivity contribution in [2.45, 2.75) is 36.7 Å². The van der Waals surface area contributed by atoms with Crippen molar-refractivity contribution in [3.05, 3.63) is 41.0 Å². The molecule has 0 spiro atoms. The summed E-state index contributed by atoms with van der Waals surface area (Å²) in [5, 5.41) is 14.4. The Morgan fingerprint density at radius 2 is 2.04 bits per heavy atom. The molecule has 0 saturated heterocycles. The van der Waals surface area contributed by atoms with Crippen LogP contribution in [0.1, 0.15) is 25.3 Å². The number of halogens is 1. The molecule has 3 aromatic rings. The van der Waals surface area contributed by atoms with Crippen LogP contribution in [0, 0.1) is 0 Å². The Morgan fingerprint density at radius 3 is 2.76 bits per heavy atom. The van der Waals surface area contributed by atoms with Crippen LogP contribution in [0.4, 0.5) is 5.13 Å². The summed E-state index contributed by atoms with van der Waals surface area (Å²) in [5.74, 6) is 0.779. The highest BCUT2D eigenvalue weighted by Gasteiger charge is 2.15. The van der Waals surface area contributed by atoms with E-state index in [2.05, 4.69) is 39.3 Å². The maximum atomic E-state index is 9.43. The number of aliphatic hydroxyl groups is 1. The first kappa shape index (κ1) is 18.4. The molecule has 0 bridgehead atoms. The minimum Gasteiger partial charge on any atom is -0.394 e. The Morgan fingerprint density at radius 1 is 1.24 bits per heavy atom. The zero-order valence-electron chi connectivity index (χ0n) is 13.8. The summed E-state index contributed by atoms with van der Waals surface area (Å²) in [6.07, 6.45) is 1.87. The minimum absolute atomic E-state index is 0.00998. The number of fused-ring (bicyclic) bond motifs is 1. The van der Waals surface area contributed by atoms with Crippen molar-refractivity contribution in [3.63, 3.8) is 0 Å². The predicted molar refractivity (Wildman–Crippen MR) is 106 cm³/mol. The fraction of sp³-hybridized carbons (Fsp3) is 0.353. The summed E-state index contributed by atoms with van der Waals surface area (Å²) >= 11 is 9.27. The van der Waals surface area contributed by atoms with E-state index < -0.39 is 0 Å². The molecule has 8 heteroatoms. The van der Waals surface area contributed by atoms with Gasteiger partial charge in [-0.05, 0) is 12.0 Å². The van der Waals surface area contributed by atoms with Crippen LogP contribution in [-0.2, 0) is 5.75 Å². The first-order chi connectivity index (χ1) is 12.2. The van der Waals surface area contributed by atoms with Crippen LogP contribution in [0.25, 0.3) is 10.3 Å². The molecule has 2 heterocycles. The number of thiazole rings is 1. The molecule has 0 aliphatic heterocycles. The van der Waals surface area contributed by atoms with Crippen LogP contribution in [0.5, 0.6) is 0 Å². The first-order valence-corrected chi connectivity index (χ1v) is 10.3. The minimum atomic E-state index is -0.00998. The highest BCUT2D eigenvalue weighted by molar-refractivity contribution is 7.98. The lowest BCUT2D eigenvalue weighted by atomic mass is 10.2. The summed E-state index contributed by atoms with van der Waals surface area (Å²) in [6.45, 7) is 2.16. The van der Waals surface area contributed by atoms with Crippen molar-refractivity contribution >= 4 is 50.2 Å². The Balaban J connectivity index is 1.76. The molecule has 1 unspecified atom stereocenters. The lowest BCUT2D eigenvalue weighted by Crippen LogP contribution is -2.23. The third-order valence-corrected chi connectivity index (χ3v) is 5.87. The molecule has 25 heavy (non-hydrogen) atoms. The topological polar surface area (TPSA) is 70.9 Å². The van der Waals surface area contributed by atoms with E-state index in [9.17, 15) is 5.11 Å². The van der Waals surface area contributed by atoms with Gasteiger partial charge in [-0.25, -0.2) is 9.97 Å². The Bertz CT molecular complexity index is 828. The van der Waals surface area contributed by atoms with Gasteiger partial charge in [0.15, 0.2) is 21.1 Å². The molecule has 0 aliphatic carbocycles. The number of aliphatic hydroxyl groups excluding tert-OH is 1. The number of hydrogen-bond donors (Lipinski definition) is 2. The second-order valence-electron chi connectivity index (χ2n) is 5.56. The van der Waals surface area contributed by atoms with E-state index in [1.54, 1.807) is 0 Å². The van der Waals surface area contributed by atoms with Crippen molar-refractivity contribution in [1.82, 2.24) is 15.0 Å². The van der Waals surface area contributed by atoms with E-state index in [-0.39, 0.29) is 12.6 Å². The maximum absolute atomic E-state index is 9.43. The van der Waals surface area contributed by atoms with E-state index >= 15 is 0 Å². The molecule has 5 nitrogen and oxygen atoms in total. The van der Waals surface area contributed by atoms with E-state index in [0.29, 0.717) is 21.1 Å². The highest BCUT2D eigenvalue weighted by Crippen LogP contribution is 2.32. The number of nitrogens with one attached hydrogen (secondary N) is 1. The normalized spacial score (nSPS) is 12.4. The zero-order valence-corrected chi connectivity index (χ0v) is 16.2. The molecule has 3 rings (SSSR count). The number of nitrogens with zero attached hydrogens (tertiary/aromatic N) is 3. The fourth-order valence-corrected chi connectivity index (χ4v) is 4.34. The second kappa shape index (κ2) is 8.80. The summed E-state index contributed by atoms with van der Waals surface area (Å²) in [4.78, 5) is 13.4. The Hall–Kier alpha value is -1.41. The van der Waals surface area contributed by atoms with Crippen molar-refractivity contribution in [3.8, 4) is 0 Å². The third-order valence-electron chi connectivity index (χ3n) is 3.59. The summed E-state index contributed by atoms with van der Waals surface area (Å²) in [6, 6.07) is 10.2. The highest BCUT2D eigenvalue weighted by atomic mass is 35.5. The van der Waals surface area contributed by atoms with Gasteiger partial charge in [0.25, 0.3) is 0 Å². The molecule has 0 fully saturated rings. The van der Waals surface area contributed by atoms with Crippen LogP contribution >= 0.6 is 34.7 Å². The molecule has 0 aliphatic rings. The van der Waals surface area contributed by atoms with Gasteiger partial charge in [-0.15, -0.1) is 0 Å². The molecule has 0 amide bonds. The van der Waals surface area contributed by atoms with Gasteiger partial charge in [-0.3, -0.25) is 0 Å². The Kier molecular flexibility index (Phi) is 6.47. The third kappa shape index (κ3) is 4.82. The van der Waals surface area contributed by atoms with E-state index in [0.717, 1.165) is 23.3 Å². The number of hydrogen-bond acceptors (Lipinski definition) is 7. The van der Waals surface area contributed by atoms with Crippen LogP contribution in [0.2, 0.25) is 5.15 Å². The molecule has 132 valence electrons. The largest absolute Gasteiger partial charge is 0.394 e. The van der Waals surface area contributed by atoms with Gasteiger partial charge in [0, 0.05) is 5.75 Å². The van der Waals surface area contributed by atoms with E-state index in [1.165, 1.54) is 28.7 Å². The molecule has 0 saturated carbocycles. The smallest absolute Gasteiger partial charge is 0.191 e. The monoisotopic (exact) mass is 394 g/mol. The molecule has 0 radical (unpaired) electrons. The van der Waals surface area contributed by atoms with E-state index in [1.807, 2.05) is 18.2 Å². The van der Waals surface area contributed by atoms with Crippen LogP contribution in [-0.4, -0.2) is 32.7 Å². The summed E-state index contributed by atoms with van der Waals surface area (Å²) in [7, 11) is 0. The molecular formula is C17H19ClN4OS2. The Labute approximate surface area is 159 Å². The molecule has 2 N–H and O–H groups in total. The van der Waals surface area contributed by atoms with Gasteiger partial charge < -0.3 is 10.4 Å². The van der Waals surface area contributed by atoms with Gasteiger partial charge in [0.2, 0.25) is 0 Å². The van der Waals surface area contributed by atoms with E-state index in [4.69, 9.17) is 11.6 Å². The average molecular weight is 395 g/mol. The van der Waals surface area contributed by atoms with Crippen molar-refractivity contribution in [2.75, 3.05) is 11.9 Å². The van der Waals surface area contributed by atoms with Crippen LogP contribution in [0.15, 0.2) is 35.5 Å².